The quantitative estimate of drug-likeness (QED) is 0.846. The summed E-state index contributed by atoms with van der Waals surface area (Å²) < 4.78 is 4.14. The second kappa shape index (κ2) is 5.98. The first kappa shape index (κ1) is 12.3. The van der Waals surface area contributed by atoms with Crippen molar-refractivity contribution < 1.29 is 0 Å². The molecular weight excluding hydrogens is 254 g/mol. The molecule has 17 heavy (non-hydrogen) atoms. The Morgan fingerprint density at radius 1 is 1.35 bits per heavy atom. The summed E-state index contributed by atoms with van der Waals surface area (Å²) in [6.45, 7) is 1.88. The van der Waals surface area contributed by atoms with Crippen molar-refractivity contribution in [3.63, 3.8) is 0 Å². The summed E-state index contributed by atoms with van der Waals surface area (Å²) in [5.74, 6) is 1.35. The molecule has 5 heteroatoms. The Bertz CT molecular complexity index is 458. The second-order valence-electron chi connectivity index (χ2n) is 3.83. The van der Waals surface area contributed by atoms with Crippen molar-refractivity contribution >= 4 is 28.3 Å². The molecule has 0 aliphatic rings. The van der Waals surface area contributed by atoms with E-state index in [9.17, 15) is 0 Å². The van der Waals surface area contributed by atoms with Crippen LogP contribution in [0.1, 0.15) is 11.4 Å². The van der Waals surface area contributed by atoms with Gasteiger partial charge in [-0.2, -0.15) is 4.37 Å². The molecule has 0 bridgehead atoms. The molecule has 1 atom stereocenters. The first-order chi connectivity index (χ1) is 8.28. The van der Waals surface area contributed by atoms with Crippen molar-refractivity contribution in [3.8, 4) is 0 Å². The number of hydrogen-bond acceptors (Lipinski definition) is 4. The minimum atomic E-state index is 0.186. The highest BCUT2D eigenvalue weighted by Gasteiger charge is 2.10. The van der Waals surface area contributed by atoms with Gasteiger partial charge in [0.2, 0.25) is 5.13 Å². The van der Waals surface area contributed by atoms with Crippen molar-refractivity contribution in [1.82, 2.24) is 9.36 Å². The monoisotopic (exact) mass is 267 g/mol. The van der Waals surface area contributed by atoms with Gasteiger partial charge < -0.3 is 5.32 Å². The zero-order chi connectivity index (χ0) is 12.1. The molecule has 1 N–H and O–H groups in total. The maximum Gasteiger partial charge on any atom is 0.202 e. The molecule has 0 aliphatic carbocycles. The van der Waals surface area contributed by atoms with Crippen LogP contribution in [0.2, 0.25) is 0 Å². The lowest BCUT2D eigenvalue weighted by molar-refractivity contribution is 0.795. The molecule has 0 amide bonds. The lowest BCUT2D eigenvalue weighted by Gasteiger charge is -2.14. The summed E-state index contributed by atoms with van der Waals surface area (Å²) in [5.41, 5.74) is 1.27. The third kappa shape index (κ3) is 3.68. The summed E-state index contributed by atoms with van der Waals surface area (Å²) in [6.07, 6.45) is 0.892. The fourth-order valence-electron chi connectivity index (χ4n) is 1.57. The van der Waals surface area contributed by atoms with Gasteiger partial charge in [0, 0.05) is 23.5 Å². The van der Waals surface area contributed by atoms with Crippen LogP contribution in [0.4, 0.5) is 5.13 Å². The molecule has 1 aromatic heterocycles. The highest BCUT2D eigenvalue weighted by molar-refractivity contribution is 7.09. The van der Waals surface area contributed by atoms with Crippen LogP contribution in [-0.4, -0.2) is 21.3 Å². The lowest BCUT2D eigenvalue weighted by atomic mass is 10.1. The van der Waals surface area contributed by atoms with Gasteiger partial charge in [-0.3, -0.25) is 0 Å². The predicted molar refractivity (Wildman–Crippen MR) is 72.9 cm³/mol. The number of halogens is 1. The standard InChI is InChI=1S/C12H14ClN3S/c1-9-14-12(17-16-9)15-11(8-13)7-10-5-3-2-4-6-10/h2-6,11H,7-8H2,1H3,(H,14,15,16). The van der Waals surface area contributed by atoms with Crippen molar-refractivity contribution in [2.24, 2.45) is 0 Å². The van der Waals surface area contributed by atoms with Gasteiger partial charge in [0.1, 0.15) is 5.82 Å². The number of benzene rings is 1. The van der Waals surface area contributed by atoms with Crippen molar-refractivity contribution in [3.05, 3.63) is 41.7 Å². The van der Waals surface area contributed by atoms with Crippen molar-refractivity contribution in [2.75, 3.05) is 11.2 Å². The number of anilines is 1. The molecule has 1 aromatic carbocycles. The summed E-state index contributed by atoms with van der Waals surface area (Å²) in [7, 11) is 0. The van der Waals surface area contributed by atoms with E-state index in [1.807, 2.05) is 25.1 Å². The minimum Gasteiger partial charge on any atom is -0.356 e. The fourth-order valence-corrected chi connectivity index (χ4v) is 2.41. The van der Waals surface area contributed by atoms with Crippen LogP contribution in [-0.2, 0) is 6.42 Å². The Morgan fingerprint density at radius 2 is 2.12 bits per heavy atom. The summed E-state index contributed by atoms with van der Waals surface area (Å²) >= 11 is 7.34. The number of hydrogen-bond donors (Lipinski definition) is 1. The normalized spacial score (nSPS) is 12.4. The third-order valence-corrected chi connectivity index (χ3v) is 3.48. The van der Waals surface area contributed by atoms with Gasteiger partial charge in [-0.25, -0.2) is 4.98 Å². The number of alkyl halides is 1. The third-order valence-electron chi connectivity index (χ3n) is 2.37. The number of nitrogens with one attached hydrogen (secondary N) is 1. The van der Waals surface area contributed by atoms with Gasteiger partial charge in [0.15, 0.2) is 0 Å². The molecule has 0 radical (unpaired) electrons. The van der Waals surface area contributed by atoms with E-state index in [1.165, 1.54) is 17.1 Å². The van der Waals surface area contributed by atoms with Gasteiger partial charge in [-0.1, -0.05) is 30.3 Å². The van der Waals surface area contributed by atoms with E-state index in [0.29, 0.717) is 5.88 Å². The first-order valence-electron chi connectivity index (χ1n) is 5.44. The van der Waals surface area contributed by atoms with E-state index in [4.69, 9.17) is 11.6 Å². The number of aromatic nitrogens is 2. The van der Waals surface area contributed by atoms with Crippen molar-refractivity contribution in [2.45, 2.75) is 19.4 Å². The molecule has 1 heterocycles. The number of aryl methyl sites for hydroxylation is 1. The Balaban J connectivity index is 1.98. The molecule has 90 valence electrons. The second-order valence-corrected chi connectivity index (χ2v) is 4.89. The molecular formula is C12H14ClN3S. The molecule has 3 nitrogen and oxygen atoms in total. The average Bonchev–Trinajstić information content (AvgIpc) is 2.75. The van der Waals surface area contributed by atoms with Crippen molar-refractivity contribution in [1.29, 1.82) is 0 Å². The predicted octanol–water partition coefficient (Wildman–Crippen LogP) is 3.11. The van der Waals surface area contributed by atoms with Gasteiger partial charge in [-0.15, -0.1) is 11.6 Å². The zero-order valence-corrected chi connectivity index (χ0v) is 11.1. The molecule has 0 saturated carbocycles. The Kier molecular flexibility index (Phi) is 4.34. The number of nitrogens with zero attached hydrogens (tertiary/aromatic N) is 2. The molecule has 1 unspecified atom stereocenters. The molecule has 0 aliphatic heterocycles. The van der Waals surface area contributed by atoms with E-state index in [1.54, 1.807) is 0 Å². The van der Waals surface area contributed by atoms with E-state index < -0.39 is 0 Å². The Labute approximate surface area is 110 Å². The summed E-state index contributed by atoms with van der Waals surface area (Å²) in [5, 5.41) is 4.15. The van der Waals surface area contributed by atoms with Gasteiger partial charge in [-0.05, 0) is 18.9 Å². The fraction of sp³-hybridized carbons (Fsp3) is 0.333. The maximum absolute atomic E-state index is 5.97. The minimum absolute atomic E-state index is 0.186. The molecule has 2 rings (SSSR count). The maximum atomic E-state index is 5.97. The van der Waals surface area contributed by atoms with E-state index in [2.05, 4.69) is 26.8 Å². The van der Waals surface area contributed by atoms with Gasteiger partial charge in [0.25, 0.3) is 0 Å². The first-order valence-corrected chi connectivity index (χ1v) is 6.75. The highest BCUT2D eigenvalue weighted by atomic mass is 35.5. The topological polar surface area (TPSA) is 37.8 Å². The summed E-state index contributed by atoms with van der Waals surface area (Å²) in [4.78, 5) is 4.28. The summed E-state index contributed by atoms with van der Waals surface area (Å²) in [6, 6.07) is 10.5. The van der Waals surface area contributed by atoms with Crippen LogP contribution >= 0.6 is 23.1 Å². The SMILES string of the molecule is Cc1nsc(NC(CCl)Cc2ccccc2)n1. The van der Waals surface area contributed by atoms with Crippen LogP contribution in [0.15, 0.2) is 30.3 Å². The van der Waals surface area contributed by atoms with Crippen LogP contribution in [0.3, 0.4) is 0 Å². The highest BCUT2D eigenvalue weighted by Crippen LogP contribution is 2.14. The molecule has 0 spiro atoms. The lowest BCUT2D eigenvalue weighted by Crippen LogP contribution is -2.23. The molecule has 2 aromatic rings. The van der Waals surface area contributed by atoms with Crippen LogP contribution in [0.5, 0.6) is 0 Å². The van der Waals surface area contributed by atoms with E-state index in [0.717, 1.165) is 17.4 Å². The van der Waals surface area contributed by atoms with E-state index in [-0.39, 0.29) is 6.04 Å². The van der Waals surface area contributed by atoms with E-state index >= 15 is 0 Å². The van der Waals surface area contributed by atoms with Crippen LogP contribution in [0, 0.1) is 6.92 Å². The van der Waals surface area contributed by atoms with Gasteiger partial charge in [0.05, 0.1) is 0 Å². The number of rotatable bonds is 5. The molecule has 0 saturated heterocycles. The molecule has 0 fully saturated rings. The smallest absolute Gasteiger partial charge is 0.202 e. The van der Waals surface area contributed by atoms with Crippen LogP contribution < -0.4 is 5.32 Å². The van der Waals surface area contributed by atoms with Gasteiger partial charge >= 0.3 is 0 Å². The Hall–Kier alpha value is -1.13. The average molecular weight is 268 g/mol. The zero-order valence-electron chi connectivity index (χ0n) is 9.56. The Morgan fingerprint density at radius 3 is 2.71 bits per heavy atom. The van der Waals surface area contributed by atoms with Crippen LogP contribution in [0.25, 0.3) is 0 Å². The largest absolute Gasteiger partial charge is 0.356 e.